The third-order valence-electron chi connectivity index (χ3n) is 3.18. The van der Waals surface area contributed by atoms with E-state index in [2.05, 4.69) is 19.9 Å². The zero-order chi connectivity index (χ0) is 10.4. The monoisotopic (exact) mass is 189 g/mol. The first-order chi connectivity index (χ1) is 6.74. The van der Waals surface area contributed by atoms with Crippen molar-refractivity contribution >= 4 is 0 Å². The van der Waals surface area contributed by atoms with E-state index in [-0.39, 0.29) is 0 Å². The number of nitriles is 1. The maximum absolute atomic E-state index is 8.38. The number of allylic oxidation sites excluding steroid dienone is 4. The molecule has 0 saturated heterocycles. The lowest BCUT2D eigenvalue weighted by molar-refractivity contribution is 0.330. The minimum Gasteiger partial charge on any atom is -0.193 e. The van der Waals surface area contributed by atoms with Crippen molar-refractivity contribution in [1.29, 1.82) is 5.26 Å². The molecule has 14 heavy (non-hydrogen) atoms. The molecule has 0 unspecified atom stereocenters. The molecular formula is C13H19N. The molecular weight excluding hydrogens is 170 g/mol. The van der Waals surface area contributed by atoms with Crippen molar-refractivity contribution in [3.05, 3.63) is 23.8 Å². The highest BCUT2D eigenvalue weighted by molar-refractivity contribution is 5.05. The normalized spacial score (nSPS) is 24.4. The highest BCUT2D eigenvalue weighted by Gasteiger charge is 2.17. The molecule has 1 aliphatic carbocycles. The molecule has 1 aliphatic rings. The van der Waals surface area contributed by atoms with Crippen LogP contribution in [0.2, 0.25) is 0 Å². The fourth-order valence-electron chi connectivity index (χ4n) is 2.03. The van der Waals surface area contributed by atoms with Crippen molar-refractivity contribution in [1.82, 2.24) is 0 Å². The van der Waals surface area contributed by atoms with Crippen LogP contribution in [-0.4, -0.2) is 0 Å². The Morgan fingerprint density at radius 2 is 2.50 bits per heavy atom. The SMILES string of the molecule is CC1=CC[C@H]([C@@H](C)CC=CC#N)CC1. The fraction of sp³-hybridized carbons (Fsp3) is 0.615. The molecule has 0 fully saturated rings. The number of nitrogens with zero attached hydrogens (tertiary/aromatic N) is 1. The van der Waals surface area contributed by atoms with Gasteiger partial charge in [0, 0.05) is 6.08 Å². The second kappa shape index (κ2) is 5.65. The largest absolute Gasteiger partial charge is 0.193 e. The maximum Gasteiger partial charge on any atom is 0.0908 e. The third kappa shape index (κ3) is 3.38. The maximum atomic E-state index is 8.38. The van der Waals surface area contributed by atoms with Gasteiger partial charge in [0.1, 0.15) is 0 Å². The Morgan fingerprint density at radius 3 is 3.07 bits per heavy atom. The second-order valence-corrected chi connectivity index (χ2v) is 4.33. The van der Waals surface area contributed by atoms with Crippen LogP contribution >= 0.6 is 0 Å². The molecule has 0 bridgehead atoms. The third-order valence-corrected chi connectivity index (χ3v) is 3.18. The van der Waals surface area contributed by atoms with Gasteiger partial charge in [0.2, 0.25) is 0 Å². The first-order valence-corrected chi connectivity index (χ1v) is 5.44. The van der Waals surface area contributed by atoms with E-state index in [9.17, 15) is 0 Å². The topological polar surface area (TPSA) is 23.8 Å². The Kier molecular flexibility index (Phi) is 4.46. The summed E-state index contributed by atoms with van der Waals surface area (Å²) in [6.07, 6.45) is 10.8. The van der Waals surface area contributed by atoms with Crippen LogP contribution in [0.15, 0.2) is 23.8 Å². The number of rotatable bonds is 3. The van der Waals surface area contributed by atoms with Crippen LogP contribution in [0.5, 0.6) is 0 Å². The zero-order valence-electron chi connectivity index (χ0n) is 9.16. The summed E-state index contributed by atoms with van der Waals surface area (Å²) in [6, 6.07) is 2.04. The minimum atomic E-state index is 0.712. The van der Waals surface area contributed by atoms with E-state index >= 15 is 0 Å². The van der Waals surface area contributed by atoms with Gasteiger partial charge in [0.25, 0.3) is 0 Å². The summed E-state index contributed by atoms with van der Waals surface area (Å²) in [6.45, 7) is 4.51. The first kappa shape index (κ1) is 11.0. The standard InChI is InChI=1S/C13H19N/c1-11-6-8-13(9-7-11)12(2)5-3-4-10-14/h3-4,6,12-13H,5,7-9H2,1-2H3/t12-,13-/m0/s1. The average molecular weight is 189 g/mol. The van der Waals surface area contributed by atoms with Crippen LogP contribution in [0.1, 0.15) is 39.5 Å². The van der Waals surface area contributed by atoms with Crippen LogP contribution < -0.4 is 0 Å². The Bertz CT molecular complexity index is 267. The van der Waals surface area contributed by atoms with Crippen LogP contribution in [0, 0.1) is 23.2 Å². The molecule has 0 amide bonds. The molecule has 0 N–H and O–H groups in total. The van der Waals surface area contributed by atoms with E-state index in [0.29, 0.717) is 5.92 Å². The smallest absolute Gasteiger partial charge is 0.0908 e. The van der Waals surface area contributed by atoms with Crippen molar-refractivity contribution in [3.63, 3.8) is 0 Å². The highest BCUT2D eigenvalue weighted by Crippen LogP contribution is 2.30. The summed E-state index contributed by atoms with van der Waals surface area (Å²) >= 11 is 0. The summed E-state index contributed by atoms with van der Waals surface area (Å²) in [5.41, 5.74) is 1.54. The van der Waals surface area contributed by atoms with Gasteiger partial charge in [-0.15, -0.1) is 0 Å². The number of hydrogen-bond acceptors (Lipinski definition) is 1. The van der Waals surface area contributed by atoms with E-state index in [1.54, 1.807) is 11.6 Å². The Balaban J connectivity index is 2.35. The quantitative estimate of drug-likeness (QED) is 0.489. The molecule has 0 aromatic carbocycles. The molecule has 1 rings (SSSR count). The van der Waals surface area contributed by atoms with E-state index in [0.717, 1.165) is 12.3 Å². The molecule has 0 spiro atoms. The van der Waals surface area contributed by atoms with E-state index in [4.69, 9.17) is 5.26 Å². The van der Waals surface area contributed by atoms with E-state index in [1.807, 2.05) is 12.1 Å². The molecule has 0 aromatic heterocycles. The lowest BCUT2D eigenvalue weighted by atomic mass is 9.80. The minimum absolute atomic E-state index is 0.712. The molecule has 0 heterocycles. The Morgan fingerprint density at radius 1 is 1.71 bits per heavy atom. The lowest BCUT2D eigenvalue weighted by Crippen LogP contribution is -2.13. The Hall–Kier alpha value is -1.03. The van der Waals surface area contributed by atoms with Crippen molar-refractivity contribution in [2.24, 2.45) is 11.8 Å². The molecule has 1 heteroatoms. The lowest BCUT2D eigenvalue weighted by Gasteiger charge is -2.25. The van der Waals surface area contributed by atoms with Gasteiger partial charge in [-0.05, 0) is 44.4 Å². The second-order valence-electron chi connectivity index (χ2n) is 4.33. The van der Waals surface area contributed by atoms with Gasteiger partial charge in [-0.2, -0.15) is 5.26 Å². The number of hydrogen-bond donors (Lipinski definition) is 0. The highest BCUT2D eigenvalue weighted by atomic mass is 14.2. The van der Waals surface area contributed by atoms with Crippen LogP contribution in [0.4, 0.5) is 0 Å². The van der Waals surface area contributed by atoms with Crippen molar-refractivity contribution in [2.45, 2.75) is 39.5 Å². The van der Waals surface area contributed by atoms with Gasteiger partial charge in [0.05, 0.1) is 6.07 Å². The fourth-order valence-corrected chi connectivity index (χ4v) is 2.03. The van der Waals surface area contributed by atoms with Crippen molar-refractivity contribution < 1.29 is 0 Å². The van der Waals surface area contributed by atoms with Crippen LogP contribution in [0.3, 0.4) is 0 Å². The van der Waals surface area contributed by atoms with Gasteiger partial charge in [-0.25, -0.2) is 0 Å². The Labute approximate surface area is 87.1 Å². The summed E-state index contributed by atoms with van der Waals surface area (Å²) in [4.78, 5) is 0. The van der Waals surface area contributed by atoms with E-state index in [1.165, 1.54) is 19.3 Å². The van der Waals surface area contributed by atoms with Crippen LogP contribution in [-0.2, 0) is 0 Å². The van der Waals surface area contributed by atoms with E-state index < -0.39 is 0 Å². The summed E-state index contributed by atoms with van der Waals surface area (Å²) in [5.74, 6) is 1.53. The summed E-state index contributed by atoms with van der Waals surface area (Å²) < 4.78 is 0. The predicted octanol–water partition coefficient (Wildman–Crippen LogP) is 3.84. The van der Waals surface area contributed by atoms with Gasteiger partial charge in [0.15, 0.2) is 0 Å². The van der Waals surface area contributed by atoms with Crippen molar-refractivity contribution in [3.8, 4) is 6.07 Å². The molecule has 0 aromatic rings. The van der Waals surface area contributed by atoms with Gasteiger partial charge in [-0.3, -0.25) is 0 Å². The molecule has 0 radical (unpaired) electrons. The molecule has 76 valence electrons. The first-order valence-electron chi connectivity index (χ1n) is 5.44. The van der Waals surface area contributed by atoms with Crippen LogP contribution in [0.25, 0.3) is 0 Å². The van der Waals surface area contributed by atoms with Gasteiger partial charge < -0.3 is 0 Å². The molecule has 0 aliphatic heterocycles. The zero-order valence-corrected chi connectivity index (χ0v) is 9.16. The van der Waals surface area contributed by atoms with Crippen molar-refractivity contribution in [2.75, 3.05) is 0 Å². The molecule has 0 saturated carbocycles. The molecule has 2 atom stereocenters. The predicted molar refractivity (Wildman–Crippen MR) is 59.6 cm³/mol. The molecule has 1 nitrogen and oxygen atoms in total. The summed E-state index contributed by atoms with van der Waals surface area (Å²) in [5, 5.41) is 8.38. The summed E-state index contributed by atoms with van der Waals surface area (Å²) in [7, 11) is 0. The average Bonchev–Trinajstić information content (AvgIpc) is 2.19. The van der Waals surface area contributed by atoms with Gasteiger partial charge in [-0.1, -0.05) is 24.6 Å². The van der Waals surface area contributed by atoms with Gasteiger partial charge >= 0.3 is 0 Å².